The van der Waals surface area contributed by atoms with Crippen molar-refractivity contribution in [3.63, 3.8) is 0 Å². The van der Waals surface area contributed by atoms with Crippen molar-refractivity contribution in [2.75, 3.05) is 18.1 Å². The molecule has 0 aliphatic carbocycles. The number of aromatic nitrogens is 3. The largest absolute Gasteiger partial charge is 0.453 e. The summed E-state index contributed by atoms with van der Waals surface area (Å²) in [5, 5.41) is 6.35. The van der Waals surface area contributed by atoms with Gasteiger partial charge in [-0.15, -0.1) is 10.2 Å². The number of thioether (sulfide) groups is 1. The molecule has 1 amide bonds. The number of carbonyl (C=O) groups is 1. The van der Waals surface area contributed by atoms with Crippen LogP contribution >= 0.6 is 11.8 Å². The van der Waals surface area contributed by atoms with Gasteiger partial charge in [0.2, 0.25) is 11.1 Å². The standard InChI is InChI=1S/C20H20F3N5OS/c21-20(22,23)18-25-26-19(28(18)24)30-14-17(29)27(13-16-9-5-2-6-10-16)12-11-15-7-3-1-4-8-15/h1-10H,11-14,24H2. The van der Waals surface area contributed by atoms with Crippen molar-refractivity contribution >= 4 is 17.7 Å². The summed E-state index contributed by atoms with van der Waals surface area (Å²) in [6.07, 6.45) is -4.05. The minimum absolute atomic E-state index is 0.102. The lowest BCUT2D eigenvalue weighted by Gasteiger charge is -2.23. The Balaban J connectivity index is 1.67. The van der Waals surface area contributed by atoms with Gasteiger partial charge < -0.3 is 10.7 Å². The molecule has 0 radical (unpaired) electrons. The second-order valence-electron chi connectivity index (χ2n) is 6.50. The number of nitrogens with two attached hydrogens (primary N) is 1. The Morgan fingerprint density at radius 2 is 1.60 bits per heavy atom. The SMILES string of the molecule is Nn1c(SCC(=O)N(CCc2ccccc2)Cc2ccccc2)nnc1C(F)(F)F. The normalized spacial score (nSPS) is 11.4. The van der Waals surface area contributed by atoms with Crippen LogP contribution in [-0.4, -0.2) is 38.0 Å². The van der Waals surface area contributed by atoms with Gasteiger partial charge in [-0.1, -0.05) is 72.4 Å². The van der Waals surface area contributed by atoms with Gasteiger partial charge in [0.1, 0.15) is 0 Å². The maximum absolute atomic E-state index is 12.8. The predicted octanol–water partition coefficient (Wildman–Crippen LogP) is 3.37. The number of nitrogens with zero attached hydrogens (tertiary/aromatic N) is 4. The molecular formula is C20H20F3N5OS. The number of halogens is 3. The highest BCUT2D eigenvalue weighted by Gasteiger charge is 2.38. The highest BCUT2D eigenvalue weighted by molar-refractivity contribution is 7.99. The molecule has 3 aromatic rings. The topological polar surface area (TPSA) is 77.0 Å². The minimum atomic E-state index is -4.71. The Morgan fingerprint density at radius 3 is 2.17 bits per heavy atom. The fraction of sp³-hybridized carbons (Fsp3) is 0.250. The Morgan fingerprint density at radius 1 is 1.00 bits per heavy atom. The summed E-state index contributed by atoms with van der Waals surface area (Å²) < 4.78 is 38.8. The van der Waals surface area contributed by atoms with Gasteiger partial charge in [0.15, 0.2) is 0 Å². The first-order valence-electron chi connectivity index (χ1n) is 9.10. The van der Waals surface area contributed by atoms with E-state index in [1.807, 2.05) is 60.7 Å². The molecule has 2 aromatic carbocycles. The number of hydrogen-bond acceptors (Lipinski definition) is 5. The Hall–Kier alpha value is -3.01. The van der Waals surface area contributed by atoms with Gasteiger partial charge in [0.25, 0.3) is 5.82 Å². The molecule has 3 rings (SSSR count). The summed E-state index contributed by atoms with van der Waals surface area (Å²) >= 11 is 0.826. The number of benzene rings is 2. The van der Waals surface area contributed by atoms with Crippen molar-refractivity contribution in [1.29, 1.82) is 0 Å². The Labute approximate surface area is 175 Å². The second kappa shape index (κ2) is 9.66. The van der Waals surface area contributed by atoms with Crippen LogP contribution in [0.3, 0.4) is 0 Å². The second-order valence-corrected chi connectivity index (χ2v) is 7.44. The van der Waals surface area contributed by atoms with Crippen LogP contribution in [0.2, 0.25) is 0 Å². The Bertz CT molecular complexity index is 964. The fourth-order valence-corrected chi connectivity index (χ4v) is 3.55. The zero-order valence-electron chi connectivity index (χ0n) is 15.9. The van der Waals surface area contributed by atoms with Crippen LogP contribution in [0.25, 0.3) is 0 Å². The van der Waals surface area contributed by atoms with E-state index in [0.29, 0.717) is 24.2 Å². The van der Waals surface area contributed by atoms with Gasteiger partial charge in [-0.3, -0.25) is 4.79 Å². The molecule has 30 heavy (non-hydrogen) atoms. The molecule has 0 spiro atoms. The van der Waals surface area contributed by atoms with E-state index in [1.165, 1.54) is 0 Å². The van der Waals surface area contributed by atoms with Crippen LogP contribution in [0.5, 0.6) is 0 Å². The molecule has 0 aliphatic rings. The van der Waals surface area contributed by atoms with E-state index in [-0.39, 0.29) is 16.8 Å². The fourth-order valence-electron chi connectivity index (χ4n) is 2.79. The third-order valence-corrected chi connectivity index (χ3v) is 5.25. The van der Waals surface area contributed by atoms with Gasteiger partial charge in [-0.05, 0) is 17.5 Å². The zero-order chi connectivity index (χ0) is 21.6. The minimum Gasteiger partial charge on any atom is -0.337 e. The third-order valence-electron chi connectivity index (χ3n) is 4.33. The summed E-state index contributed by atoms with van der Waals surface area (Å²) in [6, 6.07) is 19.3. The lowest BCUT2D eigenvalue weighted by atomic mass is 10.1. The van der Waals surface area contributed by atoms with Gasteiger partial charge in [-0.2, -0.15) is 13.2 Å². The maximum Gasteiger partial charge on any atom is 0.453 e. The number of carbonyl (C=O) groups excluding carboxylic acids is 1. The molecule has 158 valence electrons. The highest BCUT2D eigenvalue weighted by atomic mass is 32.2. The number of hydrogen-bond donors (Lipinski definition) is 1. The predicted molar refractivity (Wildman–Crippen MR) is 108 cm³/mol. The molecule has 0 bridgehead atoms. The lowest BCUT2D eigenvalue weighted by molar-refractivity contribution is -0.146. The van der Waals surface area contributed by atoms with Crippen LogP contribution in [0.15, 0.2) is 65.8 Å². The highest BCUT2D eigenvalue weighted by Crippen LogP contribution is 2.29. The first-order valence-corrected chi connectivity index (χ1v) is 10.1. The van der Waals surface area contributed by atoms with E-state index in [9.17, 15) is 18.0 Å². The molecule has 2 N–H and O–H groups in total. The lowest BCUT2D eigenvalue weighted by Crippen LogP contribution is -2.34. The number of amides is 1. The van der Waals surface area contributed by atoms with Gasteiger partial charge in [0.05, 0.1) is 5.75 Å². The van der Waals surface area contributed by atoms with Crippen molar-refractivity contribution in [3.8, 4) is 0 Å². The molecule has 10 heteroatoms. The van der Waals surface area contributed by atoms with E-state index in [4.69, 9.17) is 5.84 Å². The number of rotatable bonds is 8. The molecule has 0 saturated carbocycles. The first kappa shape index (κ1) is 21.7. The van der Waals surface area contributed by atoms with Crippen molar-refractivity contribution in [2.45, 2.75) is 24.3 Å². The van der Waals surface area contributed by atoms with Gasteiger partial charge in [-0.25, -0.2) is 4.68 Å². The quantitative estimate of drug-likeness (QED) is 0.434. The number of nitrogen functional groups attached to an aromatic ring is 1. The van der Waals surface area contributed by atoms with Crippen molar-refractivity contribution in [1.82, 2.24) is 19.8 Å². The van der Waals surface area contributed by atoms with Crippen molar-refractivity contribution in [2.24, 2.45) is 0 Å². The monoisotopic (exact) mass is 435 g/mol. The van der Waals surface area contributed by atoms with Crippen LogP contribution in [-0.2, 0) is 23.9 Å². The molecule has 6 nitrogen and oxygen atoms in total. The maximum atomic E-state index is 12.8. The number of alkyl halides is 3. The van der Waals surface area contributed by atoms with E-state index >= 15 is 0 Å². The summed E-state index contributed by atoms with van der Waals surface area (Å²) in [5.41, 5.74) is 2.05. The van der Waals surface area contributed by atoms with Crippen molar-refractivity contribution in [3.05, 3.63) is 77.6 Å². The summed E-state index contributed by atoms with van der Waals surface area (Å²) in [6.45, 7) is 0.873. The third kappa shape index (κ3) is 5.76. The molecule has 1 heterocycles. The molecule has 1 aromatic heterocycles. The smallest absolute Gasteiger partial charge is 0.337 e. The van der Waals surface area contributed by atoms with Gasteiger partial charge in [0, 0.05) is 13.1 Å². The molecule has 0 fully saturated rings. The van der Waals surface area contributed by atoms with E-state index in [0.717, 1.165) is 22.9 Å². The van der Waals surface area contributed by atoms with E-state index < -0.39 is 12.0 Å². The summed E-state index contributed by atoms with van der Waals surface area (Å²) in [5.74, 6) is 3.80. The molecular weight excluding hydrogens is 415 g/mol. The summed E-state index contributed by atoms with van der Waals surface area (Å²) in [7, 11) is 0. The molecule has 0 aliphatic heterocycles. The van der Waals surface area contributed by atoms with Crippen LogP contribution in [0.1, 0.15) is 17.0 Å². The molecule has 0 saturated heterocycles. The molecule has 0 atom stereocenters. The van der Waals surface area contributed by atoms with Crippen LogP contribution in [0, 0.1) is 0 Å². The Kier molecular flexibility index (Phi) is 6.99. The van der Waals surface area contributed by atoms with E-state index in [2.05, 4.69) is 10.2 Å². The zero-order valence-corrected chi connectivity index (χ0v) is 16.7. The average molecular weight is 435 g/mol. The van der Waals surface area contributed by atoms with Crippen molar-refractivity contribution < 1.29 is 18.0 Å². The first-order chi connectivity index (χ1) is 14.3. The molecule has 0 unspecified atom stereocenters. The average Bonchev–Trinajstić information content (AvgIpc) is 3.11. The van der Waals surface area contributed by atoms with Crippen LogP contribution < -0.4 is 5.84 Å². The van der Waals surface area contributed by atoms with E-state index in [1.54, 1.807) is 4.90 Å². The van der Waals surface area contributed by atoms with Gasteiger partial charge >= 0.3 is 6.18 Å². The van der Waals surface area contributed by atoms with Crippen LogP contribution in [0.4, 0.5) is 13.2 Å². The summed E-state index contributed by atoms with van der Waals surface area (Å²) in [4.78, 5) is 14.5.